The molecule has 49 heavy (non-hydrogen) atoms. The van der Waals surface area contributed by atoms with Crippen molar-refractivity contribution in [3.63, 3.8) is 0 Å². The van der Waals surface area contributed by atoms with E-state index in [1.165, 1.54) is 44.9 Å². The van der Waals surface area contributed by atoms with Gasteiger partial charge in [0.05, 0.1) is 0 Å². The number of thioether (sulfide) groups is 2. The van der Waals surface area contributed by atoms with Crippen molar-refractivity contribution in [1.29, 1.82) is 0 Å². The third-order valence-corrected chi connectivity index (χ3v) is 22.3. The highest BCUT2D eigenvalue weighted by atomic mass is 32.2. The molecule has 10 aliphatic rings. The molecule has 0 N–H and O–H groups in total. The van der Waals surface area contributed by atoms with Gasteiger partial charge in [0, 0.05) is 39.1 Å². The van der Waals surface area contributed by atoms with E-state index in [1.54, 1.807) is 141 Å². The number of hydrogen-bond donors (Lipinski definition) is 0. The lowest BCUT2D eigenvalue weighted by molar-refractivity contribution is -0.0213. The molecule has 0 aromatic carbocycles. The van der Waals surface area contributed by atoms with E-state index in [-0.39, 0.29) is 0 Å². The first kappa shape index (κ1) is 34.2. The third kappa shape index (κ3) is 6.40. The third-order valence-electron chi connectivity index (χ3n) is 18.5. The number of hydrogen-bond acceptors (Lipinski definition) is 3. The van der Waals surface area contributed by atoms with E-state index in [2.05, 4.69) is 28.4 Å². The Hall–Kier alpha value is 0.660. The first-order valence-corrected chi connectivity index (χ1v) is 25.3. The summed E-state index contributed by atoms with van der Waals surface area (Å²) in [5, 5.41) is 4.10. The smallest absolute Gasteiger partial charge is 0.0238 e. The zero-order valence-electron chi connectivity index (χ0n) is 31.6. The molecule has 0 radical (unpaired) electrons. The van der Waals surface area contributed by atoms with Crippen molar-refractivity contribution >= 4 is 23.5 Å². The van der Waals surface area contributed by atoms with Gasteiger partial charge in [-0.3, -0.25) is 4.90 Å². The minimum absolute atomic E-state index is 0.915. The normalized spacial score (nSPS) is 51.0. The van der Waals surface area contributed by atoms with Gasteiger partial charge < -0.3 is 0 Å². The Morgan fingerprint density at radius 1 is 0.306 bits per heavy atom. The zero-order chi connectivity index (χ0) is 32.3. The Balaban J connectivity index is 0.920. The molecule has 2 saturated heterocycles. The van der Waals surface area contributed by atoms with Crippen molar-refractivity contribution in [1.82, 2.24) is 4.90 Å². The molecule has 11 unspecified atom stereocenters. The molecule has 1 nitrogen and oxygen atoms in total. The highest BCUT2D eigenvalue weighted by Gasteiger charge is 2.65. The van der Waals surface area contributed by atoms with Gasteiger partial charge >= 0.3 is 0 Å². The van der Waals surface area contributed by atoms with Gasteiger partial charge in [0.25, 0.3) is 0 Å². The van der Waals surface area contributed by atoms with Crippen molar-refractivity contribution in [2.45, 2.75) is 225 Å². The van der Waals surface area contributed by atoms with Crippen LogP contribution in [0.4, 0.5) is 0 Å². The first-order chi connectivity index (χ1) is 24.3. The summed E-state index contributed by atoms with van der Waals surface area (Å²) < 4.78 is 0. The summed E-state index contributed by atoms with van der Waals surface area (Å²) in [6.45, 7) is 0. The molecular weight excluding hydrogens is 631 g/mol. The van der Waals surface area contributed by atoms with Crippen LogP contribution >= 0.6 is 23.5 Å². The van der Waals surface area contributed by atoms with Gasteiger partial charge in [-0.1, -0.05) is 96.3 Å². The fourth-order valence-electron chi connectivity index (χ4n) is 16.5. The second kappa shape index (κ2) is 15.1. The van der Waals surface area contributed by atoms with Crippen LogP contribution in [-0.4, -0.2) is 44.0 Å². The largest absolute Gasteiger partial charge is 0.293 e. The minimum Gasteiger partial charge on any atom is -0.293 e. The van der Waals surface area contributed by atoms with Crippen LogP contribution in [0.15, 0.2) is 0 Å². The fraction of sp³-hybridized carbons (Fsp3) is 1.00. The van der Waals surface area contributed by atoms with Crippen LogP contribution in [0.1, 0.15) is 186 Å². The van der Waals surface area contributed by atoms with Crippen LogP contribution in [0.2, 0.25) is 0 Å². The maximum Gasteiger partial charge on any atom is 0.0238 e. The van der Waals surface area contributed by atoms with E-state index < -0.39 is 0 Å². The molecule has 0 amide bonds. The fourth-order valence-corrected chi connectivity index (χ4v) is 21.4. The van der Waals surface area contributed by atoms with E-state index in [0.29, 0.717) is 0 Å². The van der Waals surface area contributed by atoms with Gasteiger partial charge in [0.1, 0.15) is 0 Å². The molecule has 3 heteroatoms. The van der Waals surface area contributed by atoms with Gasteiger partial charge in [-0.05, 0) is 149 Å². The van der Waals surface area contributed by atoms with E-state index in [1.807, 2.05) is 0 Å². The molecule has 10 rings (SSSR count). The Morgan fingerprint density at radius 3 is 1.45 bits per heavy atom. The van der Waals surface area contributed by atoms with Crippen LogP contribution in [0.25, 0.3) is 0 Å². The lowest BCUT2D eigenvalue weighted by Crippen LogP contribution is -2.57. The summed E-state index contributed by atoms with van der Waals surface area (Å²) >= 11 is 5.32. The van der Waals surface area contributed by atoms with E-state index in [9.17, 15) is 0 Å². The maximum atomic E-state index is 3.46. The highest BCUT2D eigenvalue weighted by molar-refractivity contribution is 8.02. The minimum atomic E-state index is 0.915. The van der Waals surface area contributed by atoms with Crippen LogP contribution in [-0.2, 0) is 0 Å². The van der Waals surface area contributed by atoms with Gasteiger partial charge in [0.2, 0.25) is 0 Å². The quantitative estimate of drug-likeness (QED) is 0.280. The first-order valence-electron chi connectivity index (χ1n) is 23.4. The lowest BCUT2D eigenvalue weighted by Gasteiger charge is -2.53. The lowest BCUT2D eigenvalue weighted by atomic mass is 9.55. The number of rotatable bonds is 5. The Morgan fingerprint density at radius 2 is 0.816 bits per heavy atom. The molecule has 0 spiro atoms. The summed E-state index contributed by atoms with van der Waals surface area (Å²) in [4.78, 5) is 3.46. The molecule has 11 atom stereocenters. The second-order valence-electron chi connectivity index (χ2n) is 20.5. The van der Waals surface area contributed by atoms with E-state index in [0.717, 1.165) is 98.3 Å². The molecule has 0 bridgehead atoms. The van der Waals surface area contributed by atoms with Gasteiger partial charge in [-0.15, -0.1) is 0 Å². The van der Waals surface area contributed by atoms with Crippen molar-refractivity contribution in [2.24, 2.45) is 59.2 Å². The second-order valence-corrected chi connectivity index (χ2v) is 23.2. The Bertz CT molecular complexity index is 1040. The van der Waals surface area contributed by atoms with E-state index in [4.69, 9.17) is 0 Å². The van der Waals surface area contributed by atoms with Crippen molar-refractivity contribution in [3.05, 3.63) is 0 Å². The summed E-state index contributed by atoms with van der Waals surface area (Å²) in [5.41, 5.74) is 0. The van der Waals surface area contributed by atoms with Crippen LogP contribution in [0.3, 0.4) is 0 Å². The summed E-state index contributed by atoms with van der Waals surface area (Å²) in [6.07, 6.45) is 45.4. The maximum absolute atomic E-state index is 3.46. The molecule has 0 aromatic rings. The monoisotopic (exact) mass is 706 g/mol. The van der Waals surface area contributed by atoms with E-state index >= 15 is 0 Å². The van der Waals surface area contributed by atoms with Crippen LogP contribution in [0.5, 0.6) is 0 Å². The zero-order valence-corrected chi connectivity index (χ0v) is 33.2. The molecule has 2 aliphatic heterocycles. The number of nitrogens with zero attached hydrogens (tertiary/aromatic N) is 1. The predicted molar refractivity (Wildman–Crippen MR) is 212 cm³/mol. The van der Waals surface area contributed by atoms with Gasteiger partial charge in [0.15, 0.2) is 0 Å². The summed E-state index contributed by atoms with van der Waals surface area (Å²) in [5.74, 6) is 10.8. The Labute approximate surface area is 311 Å². The molecule has 8 saturated carbocycles. The predicted octanol–water partition coefficient (Wildman–Crippen LogP) is 12.9. The molecule has 8 aliphatic carbocycles. The topological polar surface area (TPSA) is 3.24 Å². The van der Waals surface area contributed by atoms with Crippen LogP contribution in [0, 0.1) is 59.2 Å². The standard InChI is InChI=1S/C46H75NS2/c1-3-12-30(13-4-1)32-22-26-34(27-23-32)47(35-28-24-33(25-29-35)31-14-5-2-6-15-31)40-20-11-19-39-42-36-16-7-8-17-37(36)45-43(46(42)49-44(39)40)38-18-9-10-21-41(38)48-45/h30-46H,1-29H2. The molecule has 10 fully saturated rings. The van der Waals surface area contributed by atoms with Gasteiger partial charge in [-0.25, -0.2) is 0 Å². The highest BCUT2D eigenvalue weighted by Crippen LogP contribution is 2.69. The van der Waals surface area contributed by atoms with Gasteiger partial charge in [-0.2, -0.15) is 23.5 Å². The van der Waals surface area contributed by atoms with Crippen molar-refractivity contribution < 1.29 is 0 Å². The molecule has 2 heterocycles. The summed E-state index contributed by atoms with van der Waals surface area (Å²) in [6, 6.07) is 2.75. The van der Waals surface area contributed by atoms with Crippen molar-refractivity contribution in [2.75, 3.05) is 0 Å². The molecular formula is C46H75NS2. The summed E-state index contributed by atoms with van der Waals surface area (Å²) in [7, 11) is 0. The molecule has 276 valence electrons. The molecule has 0 aromatic heterocycles. The average Bonchev–Trinajstić information content (AvgIpc) is 3.76. The van der Waals surface area contributed by atoms with Crippen LogP contribution < -0.4 is 0 Å². The SMILES string of the molecule is C1CCC(C2CCC(N(C3CCC(C4CCCCC4)CC3)C3CCCC4C3SC3C4C4CCCCC4C4SC5CCCCC5C43)CC2)CC1. The Kier molecular flexibility index (Phi) is 10.5. The van der Waals surface area contributed by atoms with Crippen molar-refractivity contribution in [3.8, 4) is 0 Å². The average molecular weight is 706 g/mol. The number of fused-ring (bicyclic) bond motifs is 10.